The maximum Gasteiger partial charge on any atom is 0.243 e. The van der Waals surface area contributed by atoms with E-state index in [1.54, 1.807) is 36.4 Å². The SMILES string of the molecule is Cc1ccc(N([C@H](C)C(=O)NCCOc2ccc(S(=O)(=O)N3CCCC3)cc2)S(C)(=O)=O)cc1. The van der Waals surface area contributed by atoms with Crippen LogP contribution < -0.4 is 14.4 Å². The van der Waals surface area contributed by atoms with Gasteiger partial charge in [0.05, 0.1) is 23.4 Å². The second kappa shape index (κ2) is 10.7. The molecule has 186 valence electrons. The normalized spacial score (nSPS) is 15.6. The number of carbonyl (C=O) groups is 1. The topological polar surface area (TPSA) is 113 Å². The molecule has 0 radical (unpaired) electrons. The summed E-state index contributed by atoms with van der Waals surface area (Å²) in [5.41, 5.74) is 1.39. The highest BCUT2D eigenvalue weighted by Gasteiger charge is 2.29. The van der Waals surface area contributed by atoms with Crippen molar-refractivity contribution in [2.24, 2.45) is 0 Å². The van der Waals surface area contributed by atoms with E-state index in [1.807, 2.05) is 6.92 Å². The van der Waals surface area contributed by atoms with Gasteiger partial charge in [-0.3, -0.25) is 9.10 Å². The molecule has 9 nitrogen and oxygen atoms in total. The van der Waals surface area contributed by atoms with E-state index in [9.17, 15) is 21.6 Å². The molecule has 2 aromatic carbocycles. The van der Waals surface area contributed by atoms with Crippen molar-refractivity contribution in [2.75, 3.05) is 36.8 Å². The smallest absolute Gasteiger partial charge is 0.243 e. The van der Waals surface area contributed by atoms with Crippen molar-refractivity contribution in [2.45, 2.75) is 37.6 Å². The van der Waals surface area contributed by atoms with Gasteiger partial charge in [0.25, 0.3) is 0 Å². The lowest BCUT2D eigenvalue weighted by atomic mass is 10.2. The number of ether oxygens (including phenoxy) is 1. The Morgan fingerprint density at radius 2 is 1.62 bits per heavy atom. The van der Waals surface area contributed by atoms with Crippen LogP contribution in [0.5, 0.6) is 5.75 Å². The average molecular weight is 510 g/mol. The van der Waals surface area contributed by atoms with Gasteiger partial charge in [-0.15, -0.1) is 0 Å². The minimum atomic E-state index is -3.68. The molecule has 2 aromatic rings. The fourth-order valence-corrected chi connectivity index (χ4v) is 6.47. The van der Waals surface area contributed by atoms with Crippen LogP contribution in [0, 0.1) is 6.92 Å². The summed E-state index contributed by atoms with van der Waals surface area (Å²) in [7, 11) is -7.16. The number of anilines is 1. The Morgan fingerprint density at radius 1 is 1.03 bits per heavy atom. The molecule has 1 aliphatic rings. The first-order chi connectivity index (χ1) is 16.0. The summed E-state index contributed by atoms with van der Waals surface area (Å²) >= 11 is 0. The molecule has 0 saturated carbocycles. The van der Waals surface area contributed by atoms with Crippen molar-refractivity contribution in [1.29, 1.82) is 0 Å². The number of hydrogen-bond donors (Lipinski definition) is 1. The van der Waals surface area contributed by atoms with Gasteiger partial charge in [0, 0.05) is 13.1 Å². The highest BCUT2D eigenvalue weighted by atomic mass is 32.2. The van der Waals surface area contributed by atoms with Crippen LogP contribution >= 0.6 is 0 Å². The highest BCUT2D eigenvalue weighted by molar-refractivity contribution is 7.92. The van der Waals surface area contributed by atoms with Crippen LogP contribution in [0.1, 0.15) is 25.3 Å². The Hall–Kier alpha value is -2.63. The number of carbonyl (C=O) groups excluding carboxylic acids is 1. The summed E-state index contributed by atoms with van der Waals surface area (Å²) in [4.78, 5) is 12.8. The van der Waals surface area contributed by atoms with E-state index in [1.165, 1.54) is 23.4 Å². The summed E-state index contributed by atoms with van der Waals surface area (Å²) in [5, 5.41) is 2.69. The highest BCUT2D eigenvalue weighted by Crippen LogP contribution is 2.23. The Kier molecular flexibility index (Phi) is 8.21. The van der Waals surface area contributed by atoms with Gasteiger partial charge in [-0.2, -0.15) is 4.31 Å². The van der Waals surface area contributed by atoms with Crippen LogP contribution in [0.25, 0.3) is 0 Å². The Labute approximate surface area is 201 Å². The lowest BCUT2D eigenvalue weighted by Crippen LogP contribution is -2.48. The van der Waals surface area contributed by atoms with E-state index in [4.69, 9.17) is 4.74 Å². The van der Waals surface area contributed by atoms with Crippen molar-refractivity contribution < 1.29 is 26.4 Å². The number of hydrogen-bond acceptors (Lipinski definition) is 6. The van der Waals surface area contributed by atoms with E-state index in [0.29, 0.717) is 24.5 Å². The molecule has 11 heteroatoms. The standard InChI is InChI=1S/C23H31N3O6S2/c1-18-6-8-20(9-7-18)26(33(3,28)29)19(2)23(27)24-14-17-32-21-10-12-22(13-11-21)34(30,31)25-15-4-5-16-25/h6-13,19H,4-5,14-17H2,1-3H3,(H,24,27)/t19-/m1/s1. The van der Waals surface area contributed by atoms with Gasteiger partial charge in [-0.25, -0.2) is 16.8 Å². The third-order valence-corrected chi connectivity index (χ3v) is 8.73. The lowest BCUT2D eigenvalue weighted by Gasteiger charge is -2.28. The molecule has 1 saturated heterocycles. The molecule has 1 aliphatic heterocycles. The summed E-state index contributed by atoms with van der Waals surface area (Å²) in [6, 6.07) is 12.1. The van der Waals surface area contributed by atoms with Gasteiger partial charge < -0.3 is 10.1 Å². The van der Waals surface area contributed by atoms with Gasteiger partial charge >= 0.3 is 0 Å². The summed E-state index contributed by atoms with van der Waals surface area (Å²) in [6.45, 7) is 4.79. The number of nitrogens with zero attached hydrogens (tertiary/aromatic N) is 2. The molecule has 0 bridgehead atoms. The molecular formula is C23H31N3O6S2. The molecular weight excluding hydrogens is 478 g/mol. The molecule has 1 heterocycles. The number of amides is 1. The molecule has 34 heavy (non-hydrogen) atoms. The molecule has 0 unspecified atom stereocenters. The van der Waals surface area contributed by atoms with Gasteiger partial charge in [-0.05, 0) is 63.1 Å². The van der Waals surface area contributed by atoms with Gasteiger partial charge in [0.2, 0.25) is 26.0 Å². The Bertz CT molecular complexity index is 1190. The van der Waals surface area contributed by atoms with Crippen molar-refractivity contribution >= 4 is 31.6 Å². The number of aryl methyl sites for hydroxylation is 1. The molecule has 1 fully saturated rings. The maximum absolute atomic E-state index is 12.6. The second-order valence-electron chi connectivity index (χ2n) is 8.29. The van der Waals surface area contributed by atoms with Gasteiger partial charge in [-0.1, -0.05) is 17.7 Å². The van der Waals surface area contributed by atoms with E-state index in [2.05, 4.69) is 5.32 Å². The summed E-state index contributed by atoms with van der Waals surface area (Å²) in [5.74, 6) is 0.0155. The van der Waals surface area contributed by atoms with E-state index in [0.717, 1.165) is 29.0 Å². The third-order valence-electron chi connectivity index (χ3n) is 5.57. The van der Waals surface area contributed by atoms with Crippen molar-refractivity contribution in [3.8, 4) is 5.75 Å². The van der Waals surface area contributed by atoms with Crippen LogP contribution in [0.2, 0.25) is 0 Å². The van der Waals surface area contributed by atoms with Crippen molar-refractivity contribution in [3.05, 3.63) is 54.1 Å². The first-order valence-electron chi connectivity index (χ1n) is 11.1. The first-order valence-corrected chi connectivity index (χ1v) is 14.4. The van der Waals surface area contributed by atoms with Gasteiger partial charge in [0.1, 0.15) is 18.4 Å². The van der Waals surface area contributed by atoms with Crippen LogP contribution in [-0.4, -0.2) is 65.6 Å². The van der Waals surface area contributed by atoms with Crippen LogP contribution in [-0.2, 0) is 24.8 Å². The molecule has 1 atom stereocenters. The van der Waals surface area contributed by atoms with Crippen LogP contribution in [0.4, 0.5) is 5.69 Å². The maximum atomic E-state index is 12.6. The third kappa shape index (κ3) is 6.28. The minimum Gasteiger partial charge on any atom is -0.492 e. The molecule has 0 aliphatic carbocycles. The van der Waals surface area contributed by atoms with E-state index < -0.39 is 32.0 Å². The molecule has 0 spiro atoms. The minimum absolute atomic E-state index is 0.139. The Balaban J connectivity index is 1.53. The average Bonchev–Trinajstić information content (AvgIpc) is 3.33. The number of sulfonamides is 2. The summed E-state index contributed by atoms with van der Waals surface area (Å²) < 4.78 is 58.0. The van der Waals surface area contributed by atoms with E-state index >= 15 is 0 Å². The molecule has 1 N–H and O–H groups in total. The zero-order valence-corrected chi connectivity index (χ0v) is 21.2. The number of nitrogens with one attached hydrogen (secondary N) is 1. The van der Waals surface area contributed by atoms with Crippen LogP contribution in [0.15, 0.2) is 53.4 Å². The molecule has 1 amide bonds. The lowest BCUT2D eigenvalue weighted by molar-refractivity contribution is -0.121. The summed E-state index contributed by atoms with van der Waals surface area (Å²) in [6.07, 6.45) is 2.81. The van der Waals surface area contributed by atoms with Crippen LogP contribution in [0.3, 0.4) is 0 Å². The fraction of sp³-hybridized carbons (Fsp3) is 0.435. The Morgan fingerprint density at radius 3 is 2.18 bits per heavy atom. The predicted molar refractivity (Wildman–Crippen MR) is 131 cm³/mol. The zero-order chi connectivity index (χ0) is 24.9. The van der Waals surface area contributed by atoms with E-state index in [-0.39, 0.29) is 18.0 Å². The van der Waals surface area contributed by atoms with Crippen molar-refractivity contribution in [3.63, 3.8) is 0 Å². The number of benzene rings is 2. The predicted octanol–water partition coefficient (Wildman–Crippen LogP) is 2.13. The van der Waals surface area contributed by atoms with Gasteiger partial charge in [0.15, 0.2) is 0 Å². The fourth-order valence-electron chi connectivity index (χ4n) is 3.78. The molecule has 3 rings (SSSR count). The van der Waals surface area contributed by atoms with Crippen molar-refractivity contribution in [1.82, 2.24) is 9.62 Å². The monoisotopic (exact) mass is 509 g/mol. The molecule has 0 aromatic heterocycles. The zero-order valence-electron chi connectivity index (χ0n) is 19.6. The number of rotatable bonds is 10. The second-order valence-corrected chi connectivity index (χ2v) is 12.1. The first kappa shape index (κ1) is 26.0. The quantitative estimate of drug-likeness (QED) is 0.491. The largest absolute Gasteiger partial charge is 0.492 e.